The average Bonchev–Trinajstić information content (AvgIpc) is 1.96. The van der Waals surface area contributed by atoms with Gasteiger partial charge < -0.3 is 9.47 Å². The van der Waals surface area contributed by atoms with Gasteiger partial charge in [-0.25, -0.2) is 9.79 Å². The number of carbonyl (C=O) groups excluding carboxylic acids is 1. The normalized spacial score (nSPS) is 8.45. The molecule has 11 heavy (non-hydrogen) atoms. The van der Waals surface area contributed by atoms with Crippen molar-refractivity contribution in [2.24, 2.45) is 4.99 Å². The summed E-state index contributed by atoms with van der Waals surface area (Å²) in [4.78, 5) is 12.8. The second-order valence-electron chi connectivity index (χ2n) is 1.85. The molecule has 0 bridgehead atoms. The van der Waals surface area contributed by atoms with Gasteiger partial charge in [-0.2, -0.15) is 0 Å². The van der Waals surface area contributed by atoms with Gasteiger partial charge in [-0.05, 0) is 6.92 Å². The van der Waals surface area contributed by atoms with E-state index in [0.29, 0.717) is 18.9 Å². The van der Waals surface area contributed by atoms with Crippen LogP contribution >= 0.6 is 0 Å². The van der Waals surface area contributed by atoms with Gasteiger partial charge in [0.1, 0.15) is 0 Å². The van der Waals surface area contributed by atoms with E-state index in [0.717, 1.165) is 0 Å². The van der Waals surface area contributed by atoms with E-state index in [2.05, 4.69) is 11.6 Å². The zero-order valence-corrected chi connectivity index (χ0v) is 6.50. The maximum absolute atomic E-state index is 9.55. The molecule has 0 aromatic heterocycles. The van der Waals surface area contributed by atoms with Crippen LogP contribution in [0.15, 0.2) is 17.3 Å². The van der Waals surface area contributed by atoms with Gasteiger partial charge in [0.05, 0.1) is 18.9 Å². The van der Waals surface area contributed by atoms with E-state index in [9.17, 15) is 4.79 Å². The molecule has 0 aliphatic rings. The van der Waals surface area contributed by atoms with E-state index in [1.807, 2.05) is 0 Å². The van der Waals surface area contributed by atoms with Crippen LogP contribution in [0.2, 0.25) is 0 Å². The first-order valence-electron chi connectivity index (χ1n) is 3.17. The zero-order chi connectivity index (χ0) is 8.53. The molecule has 4 heteroatoms. The lowest BCUT2D eigenvalue weighted by atomic mass is 10.7. The molecule has 0 aromatic carbocycles. The summed E-state index contributed by atoms with van der Waals surface area (Å²) in [6, 6.07) is 0. The molecule has 0 aliphatic carbocycles. The van der Waals surface area contributed by atoms with Crippen LogP contribution in [0.25, 0.3) is 0 Å². The van der Waals surface area contributed by atoms with Crippen LogP contribution in [0.3, 0.4) is 0 Å². The molecule has 0 amide bonds. The summed E-state index contributed by atoms with van der Waals surface area (Å²) in [5.41, 5.74) is 0. The molecular formula is C7H13NO3. The van der Waals surface area contributed by atoms with E-state index in [1.54, 1.807) is 6.92 Å². The quantitative estimate of drug-likeness (QED) is 0.192. The van der Waals surface area contributed by atoms with Crippen LogP contribution in [0.4, 0.5) is 0 Å². The Morgan fingerprint density at radius 3 is 3.09 bits per heavy atom. The van der Waals surface area contributed by atoms with Gasteiger partial charge >= 0.3 is 0 Å². The Morgan fingerprint density at radius 2 is 2.55 bits per heavy atom. The van der Waals surface area contributed by atoms with Crippen molar-refractivity contribution in [2.45, 2.75) is 6.92 Å². The van der Waals surface area contributed by atoms with Gasteiger partial charge in [-0.3, -0.25) is 0 Å². The lowest BCUT2D eigenvalue weighted by Gasteiger charge is -2.03. The molecule has 0 N–H and O–H groups in total. The highest BCUT2D eigenvalue weighted by Gasteiger charge is 1.86. The van der Waals surface area contributed by atoms with E-state index in [4.69, 9.17) is 9.47 Å². The summed E-state index contributed by atoms with van der Waals surface area (Å²) in [5, 5.41) is 0. The minimum atomic E-state index is 0. The van der Waals surface area contributed by atoms with Gasteiger partial charge in [-0.1, -0.05) is 6.58 Å². The molecule has 0 spiro atoms. The number of ether oxygens (including phenoxy) is 2. The second-order valence-corrected chi connectivity index (χ2v) is 1.85. The predicted molar refractivity (Wildman–Crippen MR) is 41.8 cm³/mol. The van der Waals surface area contributed by atoms with Crippen molar-refractivity contribution in [3.05, 3.63) is 12.3 Å². The third-order valence-corrected chi connectivity index (χ3v) is 0.801. The Hall–Kier alpha value is -1.12. The molecule has 0 aliphatic heterocycles. The first kappa shape index (κ1) is 9.88. The van der Waals surface area contributed by atoms with Crippen LogP contribution in [-0.4, -0.2) is 26.0 Å². The Bertz CT molecular complexity index is 162. The first-order valence-corrected chi connectivity index (χ1v) is 3.17. The van der Waals surface area contributed by atoms with Crippen molar-refractivity contribution < 1.29 is 15.7 Å². The fourth-order valence-electron chi connectivity index (χ4n) is 0.357. The fourth-order valence-corrected chi connectivity index (χ4v) is 0.357. The highest BCUT2D eigenvalue weighted by Crippen LogP contribution is 1.89. The molecule has 0 rings (SSSR count). The van der Waals surface area contributed by atoms with E-state index in [1.165, 1.54) is 6.08 Å². The Balaban J connectivity index is 0. The van der Waals surface area contributed by atoms with Crippen molar-refractivity contribution in [1.82, 2.24) is 0 Å². The van der Waals surface area contributed by atoms with Crippen molar-refractivity contribution in [1.29, 1.82) is 0 Å². The van der Waals surface area contributed by atoms with Gasteiger partial charge in [0.25, 0.3) is 0 Å². The Labute approximate surface area is 67.0 Å². The van der Waals surface area contributed by atoms with Crippen LogP contribution in [0.5, 0.6) is 0 Å². The summed E-state index contributed by atoms with van der Waals surface area (Å²) >= 11 is 0. The predicted octanol–water partition coefficient (Wildman–Crippen LogP) is 1.09. The molecular weight excluding hydrogens is 146 g/mol. The molecule has 64 valence electrons. The third kappa shape index (κ3) is 8.88. The molecule has 0 fully saturated rings. The number of hydrogen-bond acceptors (Lipinski definition) is 4. The minimum Gasteiger partial charge on any atom is -0.473 e. The number of nitrogens with zero attached hydrogens (tertiary/aromatic N) is 1. The summed E-state index contributed by atoms with van der Waals surface area (Å²) in [5.74, 6) is 0.601. The molecule has 4 nitrogen and oxygen atoms in total. The summed E-state index contributed by atoms with van der Waals surface area (Å²) < 4.78 is 9.76. The van der Waals surface area contributed by atoms with E-state index in [-0.39, 0.29) is 8.22 Å². The molecule has 0 saturated carbocycles. The van der Waals surface area contributed by atoms with Crippen molar-refractivity contribution in [2.75, 3.05) is 19.9 Å². The van der Waals surface area contributed by atoms with Crippen molar-refractivity contribution in [3.8, 4) is 0 Å². The van der Waals surface area contributed by atoms with Crippen molar-refractivity contribution >= 4 is 6.08 Å². The molecule has 0 aromatic rings. The fraction of sp³-hybridized carbons (Fsp3) is 0.571. The topological polar surface area (TPSA) is 47.9 Å². The van der Waals surface area contributed by atoms with Gasteiger partial charge in [0.15, 0.2) is 6.79 Å². The first-order chi connectivity index (χ1) is 5.27. The molecule has 0 saturated heterocycles. The van der Waals surface area contributed by atoms with Crippen LogP contribution in [0, 0.1) is 0 Å². The zero-order valence-electron chi connectivity index (χ0n) is 6.50. The summed E-state index contributed by atoms with van der Waals surface area (Å²) in [6.45, 7) is 6.07. The van der Waals surface area contributed by atoms with Crippen molar-refractivity contribution in [3.63, 3.8) is 0 Å². The smallest absolute Gasteiger partial charge is 0.235 e. The summed E-state index contributed by atoms with van der Waals surface area (Å²) in [6.07, 6.45) is 1.40. The SMILES string of the molecule is C=C(C)OCOCCN=C=O.[HH]. The van der Waals surface area contributed by atoms with Crippen LogP contribution in [-0.2, 0) is 14.3 Å². The standard InChI is InChI=1S/C7H11NO3.H2/c1-7(2)11-6-10-4-3-8-5-9;/h1,3-4,6H2,2H3;1H. The molecule has 0 heterocycles. The number of isocyanates is 1. The van der Waals surface area contributed by atoms with E-state index >= 15 is 0 Å². The van der Waals surface area contributed by atoms with Crippen LogP contribution in [0.1, 0.15) is 8.35 Å². The highest BCUT2D eigenvalue weighted by molar-refractivity contribution is 5.32. The lowest BCUT2D eigenvalue weighted by molar-refractivity contribution is -0.0186. The van der Waals surface area contributed by atoms with Gasteiger partial charge in [0, 0.05) is 1.43 Å². The maximum Gasteiger partial charge on any atom is 0.235 e. The Kier molecular flexibility index (Phi) is 6.28. The summed E-state index contributed by atoms with van der Waals surface area (Å²) in [7, 11) is 0. The maximum atomic E-state index is 9.55. The minimum absolute atomic E-state index is 0. The number of hydrogen-bond donors (Lipinski definition) is 0. The monoisotopic (exact) mass is 159 g/mol. The lowest BCUT2D eigenvalue weighted by Crippen LogP contribution is -2.02. The van der Waals surface area contributed by atoms with Gasteiger partial charge in [0.2, 0.25) is 6.08 Å². The largest absolute Gasteiger partial charge is 0.473 e. The average molecular weight is 159 g/mol. The third-order valence-electron chi connectivity index (χ3n) is 0.801. The van der Waals surface area contributed by atoms with Gasteiger partial charge in [-0.15, -0.1) is 0 Å². The second kappa shape index (κ2) is 6.99. The number of rotatable bonds is 6. The number of allylic oxidation sites excluding steroid dienone is 1. The van der Waals surface area contributed by atoms with E-state index < -0.39 is 0 Å². The Morgan fingerprint density at radius 1 is 1.82 bits per heavy atom. The molecule has 0 atom stereocenters. The number of aliphatic imine (C=N–C) groups is 1. The molecule has 0 radical (unpaired) electrons. The molecule has 0 unspecified atom stereocenters. The highest BCUT2D eigenvalue weighted by atomic mass is 16.7. The van der Waals surface area contributed by atoms with Crippen LogP contribution < -0.4 is 0 Å².